The first kappa shape index (κ1) is 10.2. The Morgan fingerprint density at radius 3 is 2.94 bits per heavy atom. The largest absolute Gasteiger partial charge is 0.390 e. The second-order valence-electron chi connectivity index (χ2n) is 4.73. The van der Waals surface area contributed by atoms with Crippen LogP contribution in [0, 0.1) is 0 Å². The lowest BCUT2D eigenvalue weighted by Crippen LogP contribution is -2.07. The molecule has 16 heavy (non-hydrogen) atoms. The number of hydrogen-bond donors (Lipinski definition) is 2. The van der Waals surface area contributed by atoms with Gasteiger partial charge in [0.05, 0.1) is 5.60 Å². The molecule has 1 fully saturated rings. The van der Waals surface area contributed by atoms with Gasteiger partial charge in [-0.2, -0.15) is 0 Å². The lowest BCUT2D eigenvalue weighted by Gasteiger charge is -2.05. The topological polar surface area (TPSA) is 36.0 Å². The molecule has 0 spiro atoms. The molecule has 2 nitrogen and oxygen atoms in total. The maximum absolute atomic E-state index is 9.81. The van der Waals surface area contributed by atoms with Gasteiger partial charge < -0.3 is 10.1 Å². The Balaban J connectivity index is 1.86. The van der Waals surface area contributed by atoms with E-state index >= 15 is 0 Å². The van der Waals surface area contributed by atoms with Gasteiger partial charge in [0.15, 0.2) is 0 Å². The van der Waals surface area contributed by atoms with Crippen molar-refractivity contribution >= 4 is 22.5 Å². The summed E-state index contributed by atoms with van der Waals surface area (Å²) in [5.41, 5.74) is 1.98. The van der Waals surface area contributed by atoms with E-state index in [-0.39, 0.29) is 5.60 Å². The van der Waals surface area contributed by atoms with Gasteiger partial charge in [-0.3, -0.25) is 0 Å². The van der Waals surface area contributed by atoms with Crippen LogP contribution < -0.4 is 0 Å². The maximum Gasteiger partial charge on any atom is 0.0653 e. The van der Waals surface area contributed by atoms with Crippen molar-refractivity contribution in [3.8, 4) is 0 Å². The third-order valence-corrected chi connectivity index (χ3v) is 3.65. The van der Waals surface area contributed by atoms with E-state index in [1.807, 2.05) is 24.4 Å². The molecule has 2 aromatic rings. The van der Waals surface area contributed by atoms with Gasteiger partial charge in [0.1, 0.15) is 0 Å². The summed E-state index contributed by atoms with van der Waals surface area (Å²) in [5, 5.41) is 11.8. The SMILES string of the molecule is OC1(CCc2c[nH]c3cc(Cl)ccc23)CC1. The highest BCUT2D eigenvalue weighted by Crippen LogP contribution is 2.39. The van der Waals surface area contributed by atoms with Crippen LogP contribution in [-0.2, 0) is 6.42 Å². The molecule has 1 aromatic heterocycles. The van der Waals surface area contributed by atoms with E-state index in [0.717, 1.165) is 36.2 Å². The number of halogens is 1. The normalized spacial score (nSPS) is 17.9. The van der Waals surface area contributed by atoms with Crippen LogP contribution in [0.25, 0.3) is 10.9 Å². The molecule has 0 amide bonds. The van der Waals surface area contributed by atoms with Gasteiger partial charge in [-0.15, -0.1) is 0 Å². The van der Waals surface area contributed by atoms with E-state index in [2.05, 4.69) is 4.98 Å². The number of nitrogens with one attached hydrogen (secondary N) is 1. The summed E-state index contributed by atoms with van der Waals surface area (Å²) in [5.74, 6) is 0. The molecule has 0 atom stereocenters. The molecular formula is C13H14ClNO. The predicted molar refractivity (Wildman–Crippen MR) is 65.8 cm³/mol. The highest BCUT2D eigenvalue weighted by atomic mass is 35.5. The summed E-state index contributed by atoms with van der Waals surface area (Å²) in [6.45, 7) is 0. The summed E-state index contributed by atoms with van der Waals surface area (Å²) in [4.78, 5) is 3.22. The third kappa shape index (κ3) is 1.83. The van der Waals surface area contributed by atoms with Crippen molar-refractivity contribution in [1.82, 2.24) is 4.98 Å². The van der Waals surface area contributed by atoms with Crippen LogP contribution in [0.4, 0.5) is 0 Å². The van der Waals surface area contributed by atoms with Gasteiger partial charge in [-0.25, -0.2) is 0 Å². The van der Waals surface area contributed by atoms with E-state index in [1.54, 1.807) is 0 Å². The fraction of sp³-hybridized carbons (Fsp3) is 0.385. The number of H-pyrrole nitrogens is 1. The summed E-state index contributed by atoms with van der Waals surface area (Å²) in [6, 6.07) is 5.89. The summed E-state index contributed by atoms with van der Waals surface area (Å²) in [7, 11) is 0. The fourth-order valence-corrected chi connectivity index (χ4v) is 2.30. The van der Waals surface area contributed by atoms with Gasteiger partial charge >= 0.3 is 0 Å². The standard InChI is InChI=1S/C13H14ClNO/c14-10-1-2-11-9(8-15-12(11)7-10)3-4-13(16)5-6-13/h1-2,7-8,15-16H,3-6H2. The van der Waals surface area contributed by atoms with Crippen LogP contribution in [0.5, 0.6) is 0 Å². The molecule has 0 saturated heterocycles. The molecule has 1 aliphatic carbocycles. The molecule has 1 aliphatic rings. The summed E-state index contributed by atoms with van der Waals surface area (Å²) < 4.78 is 0. The minimum absolute atomic E-state index is 0.365. The first-order chi connectivity index (χ1) is 7.66. The average molecular weight is 236 g/mol. The van der Waals surface area contributed by atoms with Gasteiger partial charge in [-0.05, 0) is 43.4 Å². The molecule has 3 rings (SSSR count). The Morgan fingerprint density at radius 1 is 1.38 bits per heavy atom. The number of rotatable bonds is 3. The van der Waals surface area contributed by atoms with Gasteiger partial charge in [0, 0.05) is 22.1 Å². The number of fused-ring (bicyclic) bond motifs is 1. The smallest absolute Gasteiger partial charge is 0.0653 e. The van der Waals surface area contributed by atoms with E-state index in [4.69, 9.17) is 11.6 Å². The molecular weight excluding hydrogens is 222 g/mol. The van der Waals surface area contributed by atoms with Crippen LogP contribution in [0.2, 0.25) is 5.02 Å². The second kappa shape index (κ2) is 3.51. The molecule has 0 radical (unpaired) electrons. The number of benzene rings is 1. The first-order valence-corrected chi connectivity index (χ1v) is 6.02. The molecule has 0 unspecified atom stereocenters. The van der Waals surface area contributed by atoms with Crippen molar-refractivity contribution in [2.45, 2.75) is 31.3 Å². The number of aliphatic hydroxyl groups is 1. The van der Waals surface area contributed by atoms with Crippen LogP contribution in [0.3, 0.4) is 0 Å². The molecule has 1 saturated carbocycles. The van der Waals surface area contributed by atoms with Gasteiger partial charge in [0.25, 0.3) is 0 Å². The van der Waals surface area contributed by atoms with E-state index < -0.39 is 0 Å². The zero-order chi connectivity index (χ0) is 11.2. The minimum atomic E-state index is -0.365. The van der Waals surface area contributed by atoms with Crippen molar-refractivity contribution in [2.75, 3.05) is 0 Å². The van der Waals surface area contributed by atoms with Crippen LogP contribution >= 0.6 is 11.6 Å². The maximum atomic E-state index is 9.81. The van der Waals surface area contributed by atoms with Crippen LogP contribution in [-0.4, -0.2) is 15.7 Å². The third-order valence-electron chi connectivity index (χ3n) is 3.42. The zero-order valence-corrected chi connectivity index (χ0v) is 9.72. The fourth-order valence-electron chi connectivity index (χ4n) is 2.13. The van der Waals surface area contributed by atoms with Gasteiger partial charge in [0.2, 0.25) is 0 Å². The van der Waals surface area contributed by atoms with E-state index in [1.165, 1.54) is 10.9 Å². The van der Waals surface area contributed by atoms with E-state index in [0.29, 0.717) is 0 Å². The molecule has 1 heterocycles. The summed E-state index contributed by atoms with van der Waals surface area (Å²) in [6.07, 6.45) is 5.73. The minimum Gasteiger partial charge on any atom is -0.390 e. The van der Waals surface area contributed by atoms with Crippen molar-refractivity contribution in [1.29, 1.82) is 0 Å². The number of aromatic amines is 1. The van der Waals surface area contributed by atoms with Crippen LogP contribution in [0.1, 0.15) is 24.8 Å². The lowest BCUT2D eigenvalue weighted by atomic mass is 10.1. The second-order valence-corrected chi connectivity index (χ2v) is 5.16. The highest BCUT2D eigenvalue weighted by Gasteiger charge is 2.39. The monoisotopic (exact) mass is 235 g/mol. The molecule has 2 N–H and O–H groups in total. The van der Waals surface area contributed by atoms with Crippen molar-refractivity contribution in [2.24, 2.45) is 0 Å². The van der Waals surface area contributed by atoms with E-state index in [9.17, 15) is 5.11 Å². The Morgan fingerprint density at radius 2 is 2.19 bits per heavy atom. The van der Waals surface area contributed by atoms with Crippen molar-refractivity contribution in [3.05, 3.63) is 35.0 Å². The Hall–Kier alpha value is -0.990. The number of aryl methyl sites for hydroxylation is 1. The Bertz CT molecular complexity index is 528. The molecule has 1 aromatic carbocycles. The highest BCUT2D eigenvalue weighted by molar-refractivity contribution is 6.31. The van der Waals surface area contributed by atoms with Gasteiger partial charge in [-0.1, -0.05) is 17.7 Å². The average Bonchev–Trinajstić information content (AvgIpc) is 2.87. The first-order valence-electron chi connectivity index (χ1n) is 5.64. The molecule has 0 aliphatic heterocycles. The van der Waals surface area contributed by atoms with Crippen molar-refractivity contribution in [3.63, 3.8) is 0 Å². The predicted octanol–water partition coefficient (Wildman–Crippen LogP) is 3.28. The Labute approximate surface area is 99.2 Å². The molecule has 84 valence electrons. The van der Waals surface area contributed by atoms with Crippen molar-refractivity contribution < 1.29 is 5.11 Å². The van der Waals surface area contributed by atoms with Crippen LogP contribution in [0.15, 0.2) is 24.4 Å². The quantitative estimate of drug-likeness (QED) is 0.842. The molecule has 0 bridgehead atoms. The lowest BCUT2D eigenvalue weighted by molar-refractivity contribution is 0.140. The number of hydrogen-bond acceptors (Lipinski definition) is 1. The Kier molecular flexibility index (Phi) is 2.23. The zero-order valence-electron chi connectivity index (χ0n) is 8.96. The summed E-state index contributed by atoms with van der Waals surface area (Å²) >= 11 is 5.93. The number of aromatic nitrogens is 1. The molecule has 3 heteroatoms.